The molecular formula is C19H16Cl2N4O4. The zero-order valence-corrected chi connectivity index (χ0v) is 16.6. The van der Waals surface area contributed by atoms with Gasteiger partial charge in [-0.15, -0.1) is 0 Å². The average molecular weight is 435 g/mol. The molecule has 10 heteroatoms. The number of carbonyl (C=O) groups is 2. The van der Waals surface area contributed by atoms with Gasteiger partial charge in [-0.25, -0.2) is 14.5 Å². The first kappa shape index (κ1) is 19.5. The molecule has 150 valence electrons. The topological polar surface area (TPSA) is 87.0 Å². The number of rotatable bonds is 4. The molecular weight excluding hydrogens is 419 g/mol. The van der Waals surface area contributed by atoms with E-state index in [1.54, 1.807) is 48.5 Å². The highest BCUT2D eigenvalue weighted by Crippen LogP contribution is 2.42. The maximum atomic E-state index is 13.6. The van der Waals surface area contributed by atoms with Crippen LogP contribution in [0.2, 0.25) is 10.0 Å². The maximum absolute atomic E-state index is 13.6. The molecule has 0 spiro atoms. The SMILES string of the molecule is O=C1N(c2ccc(Cl)cc2)C(=O)N(c2ccc(Cl)cc2)C2(C[N+](=O)[O-])CCCN12. The Hall–Kier alpha value is -2.84. The molecule has 0 radical (unpaired) electrons. The molecule has 2 aliphatic heterocycles. The van der Waals surface area contributed by atoms with Crippen LogP contribution in [0.5, 0.6) is 0 Å². The molecule has 4 rings (SSSR count). The van der Waals surface area contributed by atoms with Crippen molar-refractivity contribution in [2.45, 2.75) is 18.5 Å². The highest BCUT2D eigenvalue weighted by Gasteiger charge is 2.60. The van der Waals surface area contributed by atoms with E-state index in [2.05, 4.69) is 0 Å². The van der Waals surface area contributed by atoms with Gasteiger partial charge in [0, 0.05) is 27.2 Å². The lowest BCUT2D eigenvalue weighted by Crippen LogP contribution is -2.74. The summed E-state index contributed by atoms with van der Waals surface area (Å²) in [5.74, 6) is 0. The fourth-order valence-electron chi connectivity index (χ4n) is 4.04. The third kappa shape index (κ3) is 3.18. The Morgan fingerprint density at radius 2 is 1.48 bits per heavy atom. The molecule has 8 nitrogen and oxygen atoms in total. The van der Waals surface area contributed by atoms with Gasteiger partial charge in [-0.2, -0.15) is 0 Å². The lowest BCUT2D eigenvalue weighted by Gasteiger charge is -2.50. The second-order valence-corrected chi connectivity index (χ2v) is 7.79. The van der Waals surface area contributed by atoms with Crippen LogP contribution < -0.4 is 9.80 Å². The third-order valence-corrected chi connectivity index (χ3v) is 5.74. The number of fused-ring (bicyclic) bond motifs is 1. The van der Waals surface area contributed by atoms with E-state index in [1.807, 2.05) is 0 Å². The highest BCUT2D eigenvalue weighted by atomic mass is 35.5. The van der Waals surface area contributed by atoms with Crippen LogP contribution in [0.1, 0.15) is 12.8 Å². The van der Waals surface area contributed by atoms with Crippen LogP contribution in [0.3, 0.4) is 0 Å². The van der Waals surface area contributed by atoms with Gasteiger partial charge in [-0.3, -0.25) is 19.9 Å². The summed E-state index contributed by atoms with van der Waals surface area (Å²) in [6.45, 7) is -0.254. The Labute approximate surface area is 176 Å². The minimum atomic E-state index is -1.37. The molecule has 0 saturated carbocycles. The van der Waals surface area contributed by atoms with E-state index in [4.69, 9.17) is 23.2 Å². The number of hydrogen-bond donors (Lipinski definition) is 0. The number of nitro groups is 1. The first-order valence-corrected chi connectivity index (χ1v) is 9.68. The maximum Gasteiger partial charge on any atom is 0.339 e. The molecule has 0 aliphatic carbocycles. The summed E-state index contributed by atoms with van der Waals surface area (Å²) < 4.78 is 0. The Morgan fingerprint density at radius 3 is 2.03 bits per heavy atom. The van der Waals surface area contributed by atoms with E-state index in [9.17, 15) is 19.7 Å². The molecule has 4 amide bonds. The molecule has 1 unspecified atom stereocenters. The van der Waals surface area contributed by atoms with Gasteiger partial charge >= 0.3 is 12.1 Å². The van der Waals surface area contributed by atoms with E-state index in [-0.39, 0.29) is 0 Å². The fourth-order valence-corrected chi connectivity index (χ4v) is 4.30. The van der Waals surface area contributed by atoms with E-state index in [1.165, 1.54) is 9.80 Å². The molecule has 0 N–H and O–H groups in total. The van der Waals surface area contributed by atoms with Gasteiger partial charge in [-0.05, 0) is 61.4 Å². The van der Waals surface area contributed by atoms with Gasteiger partial charge in [0.15, 0.2) is 5.66 Å². The smallest absolute Gasteiger partial charge is 0.294 e. The van der Waals surface area contributed by atoms with E-state index >= 15 is 0 Å². The van der Waals surface area contributed by atoms with Crippen molar-refractivity contribution in [1.82, 2.24) is 4.90 Å². The Kier molecular flexibility index (Phi) is 4.84. The number of amides is 4. The summed E-state index contributed by atoms with van der Waals surface area (Å²) in [6.07, 6.45) is 0.855. The molecule has 2 aromatic rings. The average Bonchev–Trinajstić information content (AvgIpc) is 3.08. The summed E-state index contributed by atoms with van der Waals surface area (Å²) >= 11 is 11.9. The van der Waals surface area contributed by atoms with Gasteiger partial charge in [0.1, 0.15) is 0 Å². The number of urea groups is 2. The minimum absolute atomic E-state index is 0.308. The van der Waals surface area contributed by atoms with Crippen molar-refractivity contribution in [3.05, 3.63) is 68.7 Å². The quantitative estimate of drug-likeness (QED) is 0.518. The zero-order valence-electron chi connectivity index (χ0n) is 15.1. The molecule has 2 aromatic carbocycles. The Balaban J connectivity index is 1.88. The number of carbonyl (C=O) groups excluding carboxylic acids is 2. The van der Waals surface area contributed by atoms with Gasteiger partial charge in [0.2, 0.25) is 6.54 Å². The van der Waals surface area contributed by atoms with Crippen molar-refractivity contribution in [1.29, 1.82) is 0 Å². The molecule has 2 saturated heterocycles. The Morgan fingerprint density at radius 1 is 0.931 bits per heavy atom. The number of hydrogen-bond acceptors (Lipinski definition) is 4. The molecule has 2 fully saturated rings. The molecule has 1 atom stereocenters. The van der Waals surface area contributed by atoms with Crippen molar-refractivity contribution in [3.63, 3.8) is 0 Å². The lowest BCUT2D eigenvalue weighted by molar-refractivity contribution is -0.493. The molecule has 0 aromatic heterocycles. The van der Waals surface area contributed by atoms with Crippen molar-refractivity contribution in [3.8, 4) is 0 Å². The van der Waals surface area contributed by atoms with E-state index in [0.717, 1.165) is 4.90 Å². The van der Waals surface area contributed by atoms with Crippen molar-refractivity contribution in [2.75, 3.05) is 22.9 Å². The third-order valence-electron chi connectivity index (χ3n) is 5.23. The predicted octanol–water partition coefficient (Wildman–Crippen LogP) is 4.63. The van der Waals surface area contributed by atoms with Crippen LogP contribution in [-0.2, 0) is 0 Å². The molecule has 2 aliphatic rings. The fraction of sp³-hybridized carbons (Fsp3) is 0.263. The summed E-state index contributed by atoms with van der Waals surface area (Å²) in [6, 6.07) is 11.5. The number of benzene rings is 2. The van der Waals surface area contributed by atoms with Crippen LogP contribution in [-0.4, -0.2) is 40.6 Å². The van der Waals surface area contributed by atoms with Crippen molar-refractivity contribution in [2.24, 2.45) is 0 Å². The first-order valence-electron chi connectivity index (χ1n) is 8.92. The zero-order chi connectivity index (χ0) is 20.8. The summed E-state index contributed by atoms with van der Waals surface area (Å²) in [7, 11) is 0. The minimum Gasteiger partial charge on any atom is -0.294 e. The summed E-state index contributed by atoms with van der Waals surface area (Å²) in [5, 5.41) is 12.4. The van der Waals surface area contributed by atoms with E-state index in [0.29, 0.717) is 40.8 Å². The predicted molar refractivity (Wildman–Crippen MR) is 109 cm³/mol. The standard InChI is InChI=1S/C19H16Cl2N4O4/c20-13-2-6-15(7-3-13)24-17(26)22-11-1-10-19(22,12-23(28)29)25(18(24)27)16-8-4-14(21)5-9-16/h2-9H,1,10-12H2. The first-order chi connectivity index (χ1) is 13.8. The van der Waals surface area contributed by atoms with Crippen LogP contribution in [0.25, 0.3) is 0 Å². The van der Waals surface area contributed by atoms with Crippen LogP contribution in [0.4, 0.5) is 21.0 Å². The summed E-state index contributed by atoms with van der Waals surface area (Å²) in [4.78, 5) is 41.6. The second-order valence-electron chi connectivity index (χ2n) is 6.92. The number of anilines is 2. The number of halogens is 2. The number of nitrogens with zero attached hydrogens (tertiary/aromatic N) is 4. The van der Waals surface area contributed by atoms with Gasteiger partial charge in [0.25, 0.3) is 0 Å². The molecule has 2 heterocycles. The van der Waals surface area contributed by atoms with Gasteiger partial charge in [0.05, 0.1) is 5.69 Å². The monoisotopic (exact) mass is 434 g/mol. The van der Waals surface area contributed by atoms with Gasteiger partial charge < -0.3 is 0 Å². The molecule has 0 bridgehead atoms. The van der Waals surface area contributed by atoms with Gasteiger partial charge in [-0.1, -0.05) is 23.2 Å². The van der Waals surface area contributed by atoms with Crippen LogP contribution in [0, 0.1) is 10.1 Å². The largest absolute Gasteiger partial charge is 0.339 e. The second kappa shape index (κ2) is 7.20. The molecule has 29 heavy (non-hydrogen) atoms. The van der Waals surface area contributed by atoms with E-state index < -0.39 is 29.2 Å². The number of imide groups is 1. The van der Waals surface area contributed by atoms with Crippen molar-refractivity contribution >= 4 is 46.6 Å². The van der Waals surface area contributed by atoms with Crippen molar-refractivity contribution < 1.29 is 14.5 Å². The highest BCUT2D eigenvalue weighted by molar-refractivity contribution is 6.31. The van der Waals surface area contributed by atoms with Crippen LogP contribution in [0.15, 0.2) is 48.5 Å². The Bertz CT molecular complexity index is 983. The summed E-state index contributed by atoms with van der Waals surface area (Å²) in [5.41, 5.74) is -0.599. The normalized spacial score (nSPS) is 21.5. The van der Waals surface area contributed by atoms with Crippen LogP contribution >= 0.6 is 23.2 Å². The lowest BCUT2D eigenvalue weighted by atomic mass is 10.0.